The highest BCUT2D eigenvalue weighted by atomic mass is 16.1. The minimum atomic E-state index is -0.354. The van der Waals surface area contributed by atoms with Crippen LogP contribution >= 0.6 is 0 Å². The third-order valence-corrected chi connectivity index (χ3v) is 2.06. The van der Waals surface area contributed by atoms with Crippen LogP contribution < -0.4 is 22.3 Å². The number of anilines is 2. The Balaban J connectivity index is 2.78. The van der Waals surface area contributed by atoms with Gasteiger partial charge in [0.25, 0.3) is 0 Å². The molecular weight excluding hydrogens is 208 g/mol. The van der Waals surface area contributed by atoms with Crippen LogP contribution in [0.25, 0.3) is 0 Å². The zero-order valence-corrected chi connectivity index (χ0v) is 9.37. The molecule has 0 bridgehead atoms. The molecule has 1 aromatic heterocycles. The van der Waals surface area contributed by atoms with Gasteiger partial charge in [-0.25, -0.2) is 15.8 Å². The van der Waals surface area contributed by atoms with E-state index in [-0.39, 0.29) is 12.3 Å². The van der Waals surface area contributed by atoms with E-state index in [1.165, 1.54) is 0 Å². The van der Waals surface area contributed by atoms with Gasteiger partial charge in [0, 0.05) is 18.5 Å². The fourth-order valence-electron chi connectivity index (χ4n) is 1.25. The van der Waals surface area contributed by atoms with E-state index >= 15 is 0 Å². The number of amides is 1. The quantitative estimate of drug-likeness (QED) is 0.401. The Morgan fingerprint density at radius 1 is 1.31 bits per heavy atom. The number of aryl methyl sites for hydroxylation is 1. The summed E-state index contributed by atoms with van der Waals surface area (Å²) < 4.78 is 0. The Kier molecular flexibility index (Phi) is 4.01. The molecule has 1 heterocycles. The molecule has 1 aromatic rings. The number of hydrogen-bond acceptors (Lipinski definition) is 6. The van der Waals surface area contributed by atoms with E-state index in [0.29, 0.717) is 24.0 Å². The van der Waals surface area contributed by atoms with Crippen molar-refractivity contribution in [1.82, 2.24) is 9.97 Å². The van der Waals surface area contributed by atoms with Crippen molar-refractivity contribution in [3.63, 3.8) is 0 Å². The van der Waals surface area contributed by atoms with Gasteiger partial charge < -0.3 is 16.5 Å². The highest BCUT2D eigenvalue weighted by Crippen LogP contribution is 2.18. The standard InChI is InChI=1S/C9H16N6O/c1-5-8(12-4-3-7(10)16)13-6(2)14-9(5)15-11/h3-4,11H2,1-2H3,(H2,10,16)(H2,12,13,14,15). The number of hydrazine groups is 1. The van der Waals surface area contributed by atoms with Crippen LogP contribution in [0.4, 0.5) is 11.6 Å². The summed E-state index contributed by atoms with van der Waals surface area (Å²) in [6.07, 6.45) is 0.258. The molecule has 0 saturated heterocycles. The lowest BCUT2D eigenvalue weighted by Gasteiger charge is -2.11. The van der Waals surface area contributed by atoms with Gasteiger partial charge in [-0.2, -0.15) is 0 Å². The lowest BCUT2D eigenvalue weighted by atomic mass is 10.3. The molecule has 0 saturated carbocycles. The van der Waals surface area contributed by atoms with Gasteiger partial charge in [0.1, 0.15) is 17.5 Å². The highest BCUT2D eigenvalue weighted by Gasteiger charge is 2.07. The summed E-state index contributed by atoms with van der Waals surface area (Å²) in [4.78, 5) is 18.9. The zero-order chi connectivity index (χ0) is 12.1. The van der Waals surface area contributed by atoms with E-state index in [0.717, 1.165) is 5.56 Å². The Labute approximate surface area is 93.6 Å². The van der Waals surface area contributed by atoms with E-state index in [9.17, 15) is 4.79 Å². The first kappa shape index (κ1) is 12.2. The van der Waals surface area contributed by atoms with E-state index < -0.39 is 0 Å². The number of rotatable bonds is 5. The third-order valence-electron chi connectivity index (χ3n) is 2.06. The number of nitrogen functional groups attached to an aromatic ring is 1. The van der Waals surface area contributed by atoms with Crippen LogP contribution in [0.1, 0.15) is 17.8 Å². The van der Waals surface area contributed by atoms with Gasteiger partial charge in [-0.3, -0.25) is 4.79 Å². The smallest absolute Gasteiger partial charge is 0.219 e. The van der Waals surface area contributed by atoms with Crippen molar-refractivity contribution >= 4 is 17.5 Å². The molecule has 0 aliphatic carbocycles. The van der Waals surface area contributed by atoms with Gasteiger partial charge in [-0.15, -0.1) is 0 Å². The number of carbonyl (C=O) groups is 1. The first-order valence-electron chi connectivity index (χ1n) is 4.88. The Morgan fingerprint density at radius 3 is 2.50 bits per heavy atom. The largest absolute Gasteiger partial charge is 0.370 e. The molecule has 0 aliphatic heterocycles. The van der Waals surface area contributed by atoms with Crippen molar-refractivity contribution in [3.05, 3.63) is 11.4 Å². The number of hydrogen-bond donors (Lipinski definition) is 4. The van der Waals surface area contributed by atoms with Gasteiger partial charge >= 0.3 is 0 Å². The van der Waals surface area contributed by atoms with E-state index in [2.05, 4.69) is 20.7 Å². The maximum Gasteiger partial charge on any atom is 0.219 e. The predicted molar refractivity (Wildman–Crippen MR) is 61.6 cm³/mol. The highest BCUT2D eigenvalue weighted by molar-refractivity contribution is 5.74. The Morgan fingerprint density at radius 2 is 1.94 bits per heavy atom. The second-order valence-corrected chi connectivity index (χ2v) is 3.38. The molecular formula is C9H16N6O. The summed E-state index contributed by atoms with van der Waals surface area (Å²) in [7, 11) is 0. The number of carbonyl (C=O) groups excluding carboxylic acids is 1. The van der Waals surface area contributed by atoms with Crippen molar-refractivity contribution in [2.45, 2.75) is 20.3 Å². The maximum atomic E-state index is 10.6. The minimum Gasteiger partial charge on any atom is -0.370 e. The van der Waals surface area contributed by atoms with Crippen LogP contribution in [0, 0.1) is 13.8 Å². The van der Waals surface area contributed by atoms with Crippen LogP contribution in [0.3, 0.4) is 0 Å². The van der Waals surface area contributed by atoms with Crippen LogP contribution in [-0.2, 0) is 4.79 Å². The molecule has 6 N–H and O–H groups in total. The minimum absolute atomic E-state index is 0.258. The van der Waals surface area contributed by atoms with Crippen molar-refractivity contribution in [1.29, 1.82) is 0 Å². The zero-order valence-electron chi connectivity index (χ0n) is 9.37. The second-order valence-electron chi connectivity index (χ2n) is 3.38. The van der Waals surface area contributed by atoms with Gasteiger partial charge in [-0.1, -0.05) is 0 Å². The molecule has 1 amide bonds. The van der Waals surface area contributed by atoms with Gasteiger partial charge in [0.2, 0.25) is 5.91 Å². The molecule has 0 fully saturated rings. The number of nitrogens with two attached hydrogens (primary N) is 2. The molecule has 7 nitrogen and oxygen atoms in total. The first-order chi connectivity index (χ1) is 7.54. The Hall–Kier alpha value is -1.89. The number of aromatic nitrogens is 2. The third kappa shape index (κ3) is 3.06. The van der Waals surface area contributed by atoms with Crippen LogP contribution in [0.15, 0.2) is 0 Å². The van der Waals surface area contributed by atoms with Crippen molar-refractivity contribution < 1.29 is 4.79 Å². The van der Waals surface area contributed by atoms with Crippen LogP contribution in [0.5, 0.6) is 0 Å². The maximum absolute atomic E-state index is 10.6. The number of nitrogens with zero attached hydrogens (tertiary/aromatic N) is 2. The Bertz CT molecular complexity index is 392. The lowest BCUT2D eigenvalue weighted by Crippen LogP contribution is -2.18. The number of primary amides is 1. The fraction of sp³-hybridized carbons (Fsp3) is 0.444. The summed E-state index contributed by atoms with van der Waals surface area (Å²) in [6, 6.07) is 0. The van der Waals surface area contributed by atoms with Crippen molar-refractivity contribution in [3.8, 4) is 0 Å². The molecule has 16 heavy (non-hydrogen) atoms. The molecule has 1 rings (SSSR count). The summed E-state index contributed by atoms with van der Waals surface area (Å²) in [5, 5.41) is 3.01. The molecule has 0 spiro atoms. The molecule has 0 unspecified atom stereocenters. The molecule has 0 radical (unpaired) electrons. The van der Waals surface area contributed by atoms with Gasteiger partial charge in [0.15, 0.2) is 0 Å². The average Bonchev–Trinajstić information content (AvgIpc) is 2.22. The molecule has 88 valence electrons. The monoisotopic (exact) mass is 224 g/mol. The van der Waals surface area contributed by atoms with Gasteiger partial charge in [-0.05, 0) is 13.8 Å². The summed E-state index contributed by atoms with van der Waals surface area (Å²) in [5.74, 6) is 6.79. The molecule has 0 aromatic carbocycles. The second kappa shape index (κ2) is 5.26. The van der Waals surface area contributed by atoms with Gasteiger partial charge in [0.05, 0.1) is 0 Å². The predicted octanol–water partition coefficient (Wildman–Crippen LogP) is -0.334. The fourth-order valence-corrected chi connectivity index (χ4v) is 1.25. The molecule has 0 aliphatic rings. The summed E-state index contributed by atoms with van der Waals surface area (Å²) >= 11 is 0. The van der Waals surface area contributed by atoms with Crippen LogP contribution in [-0.4, -0.2) is 22.4 Å². The molecule has 7 heteroatoms. The topological polar surface area (TPSA) is 119 Å². The molecule has 0 atom stereocenters. The SMILES string of the molecule is Cc1nc(NN)c(C)c(NCCC(N)=O)n1. The normalized spacial score (nSPS) is 9.94. The van der Waals surface area contributed by atoms with E-state index in [1.54, 1.807) is 6.92 Å². The van der Waals surface area contributed by atoms with E-state index in [1.807, 2.05) is 6.92 Å². The van der Waals surface area contributed by atoms with Crippen molar-refractivity contribution in [2.75, 3.05) is 17.3 Å². The lowest BCUT2D eigenvalue weighted by molar-refractivity contribution is -0.117. The first-order valence-corrected chi connectivity index (χ1v) is 4.88. The summed E-state index contributed by atoms with van der Waals surface area (Å²) in [5.41, 5.74) is 8.33. The summed E-state index contributed by atoms with van der Waals surface area (Å²) in [6.45, 7) is 4.04. The average molecular weight is 224 g/mol. The number of nitrogens with one attached hydrogen (secondary N) is 2. The van der Waals surface area contributed by atoms with E-state index in [4.69, 9.17) is 11.6 Å². The van der Waals surface area contributed by atoms with Crippen LogP contribution in [0.2, 0.25) is 0 Å². The van der Waals surface area contributed by atoms with Crippen molar-refractivity contribution in [2.24, 2.45) is 11.6 Å².